The number of nitrogens with zero attached hydrogens (tertiary/aromatic N) is 1. The van der Waals surface area contributed by atoms with E-state index in [0.717, 1.165) is 0 Å². The van der Waals surface area contributed by atoms with Gasteiger partial charge in [0.15, 0.2) is 0 Å². The standard InChI is InChI=1S/C23H31NO4S/c1-22(2,3)28-21(26)24(29(27)23(4,5)6)19(17-13-9-7-10-14-17)20(25)18-15-11-8-12-16-18/h7-16,19-20,25H,1-6H3/t19-,20+,29-/m0/s1. The van der Waals surface area contributed by atoms with Crippen LogP contribution in [0.25, 0.3) is 0 Å². The lowest BCUT2D eigenvalue weighted by atomic mass is 9.96. The molecule has 0 fully saturated rings. The van der Waals surface area contributed by atoms with E-state index >= 15 is 0 Å². The molecule has 0 radical (unpaired) electrons. The van der Waals surface area contributed by atoms with Crippen LogP contribution in [-0.2, 0) is 15.7 Å². The number of hydrogen-bond acceptors (Lipinski definition) is 4. The van der Waals surface area contributed by atoms with E-state index in [1.165, 1.54) is 4.31 Å². The zero-order valence-electron chi connectivity index (χ0n) is 18.0. The summed E-state index contributed by atoms with van der Waals surface area (Å²) in [4.78, 5) is 13.2. The van der Waals surface area contributed by atoms with Crippen molar-refractivity contribution in [3.63, 3.8) is 0 Å². The highest BCUT2D eigenvalue weighted by Gasteiger charge is 2.42. The van der Waals surface area contributed by atoms with Crippen LogP contribution < -0.4 is 0 Å². The topological polar surface area (TPSA) is 66.8 Å². The molecular formula is C23H31NO4S. The van der Waals surface area contributed by atoms with Gasteiger partial charge in [-0.1, -0.05) is 60.7 Å². The zero-order chi connectivity index (χ0) is 21.8. The molecule has 0 spiro atoms. The molecule has 3 atom stereocenters. The third-order valence-corrected chi connectivity index (χ3v) is 5.89. The van der Waals surface area contributed by atoms with Crippen molar-refractivity contribution >= 4 is 17.1 Å². The molecule has 0 bridgehead atoms. The van der Waals surface area contributed by atoms with Crippen LogP contribution in [0.15, 0.2) is 60.7 Å². The summed E-state index contributed by atoms with van der Waals surface area (Å²) in [6, 6.07) is 17.3. The predicted octanol–water partition coefficient (Wildman–Crippen LogP) is 5.16. The summed E-state index contributed by atoms with van der Waals surface area (Å²) in [6.45, 7) is 10.6. The summed E-state index contributed by atoms with van der Waals surface area (Å²) in [5.41, 5.74) is 0.532. The summed E-state index contributed by atoms with van der Waals surface area (Å²) in [5.74, 6) is 0. The summed E-state index contributed by atoms with van der Waals surface area (Å²) in [7, 11) is -1.77. The van der Waals surface area contributed by atoms with Gasteiger partial charge in [-0.25, -0.2) is 13.3 Å². The van der Waals surface area contributed by atoms with Gasteiger partial charge in [-0.3, -0.25) is 0 Å². The molecule has 0 aliphatic rings. The molecule has 0 heterocycles. The minimum Gasteiger partial charge on any atom is -0.443 e. The van der Waals surface area contributed by atoms with Gasteiger partial charge >= 0.3 is 6.09 Å². The van der Waals surface area contributed by atoms with Crippen molar-refractivity contribution in [3.05, 3.63) is 71.8 Å². The number of carbonyl (C=O) groups is 1. The Hall–Kier alpha value is -2.18. The first-order valence-electron chi connectivity index (χ1n) is 9.64. The Labute approximate surface area is 176 Å². The monoisotopic (exact) mass is 417 g/mol. The second-order valence-electron chi connectivity index (χ2n) is 8.88. The average Bonchev–Trinajstić information content (AvgIpc) is 2.64. The fourth-order valence-electron chi connectivity index (χ4n) is 2.82. The molecule has 0 aliphatic carbocycles. The molecule has 2 aromatic carbocycles. The zero-order valence-corrected chi connectivity index (χ0v) is 18.8. The Morgan fingerprint density at radius 1 is 0.897 bits per heavy atom. The van der Waals surface area contributed by atoms with Gasteiger partial charge in [-0.05, 0) is 52.7 Å². The van der Waals surface area contributed by atoms with Crippen LogP contribution in [0.5, 0.6) is 0 Å². The van der Waals surface area contributed by atoms with Crippen LogP contribution in [0.3, 0.4) is 0 Å². The van der Waals surface area contributed by atoms with Crippen LogP contribution >= 0.6 is 0 Å². The number of hydrogen-bond donors (Lipinski definition) is 1. The Morgan fingerprint density at radius 3 is 1.76 bits per heavy atom. The number of benzene rings is 2. The summed E-state index contributed by atoms with van der Waals surface area (Å²) < 4.78 is 19.5. The van der Waals surface area contributed by atoms with E-state index < -0.39 is 39.6 Å². The van der Waals surface area contributed by atoms with Crippen LogP contribution in [0.4, 0.5) is 4.79 Å². The molecule has 0 aliphatic heterocycles. The van der Waals surface area contributed by atoms with Crippen molar-refractivity contribution in [1.29, 1.82) is 0 Å². The molecule has 1 N–H and O–H groups in total. The first kappa shape index (κ1) is 23.1. The number of ether oxygens (including phenoxy) is 1. The van der Waals surface area contributed by atoms with E-state index in [4.69, 9.17) is 4.74 Å². The highest BCUT2D eigenvalue weighted by atomic mass is 32.2. The molecule has 6 heteroatoms. The number of aliphatic hydroxyl groups excluding tert-OH is 1. The predicted molar refractivity (Wildman–Crippen MR) is 117 cm³/mol. The van der Waals surface area contributed by atoms with Crippen molar-refractivity contribution in [2.24, 2.45) is 0 Å². The molecule has 0 saturated carbocycles. The number of amides is 1. The second-order valence-corrected chi connectivity index (χ2v) is 11.0. The van der Waals surface area contributed by atoms with Crippen LogP contribution in [0.2, 0.25) is 0 Å². The van der Waals surface area contributed by atoms with E-state index in [1.807, 2.05) is 48.5 Å². The maximum atomic E-state index is 13.5. The molecular weight excluding hydrogens is 386 g/mol. The van der Waals surface area contributed by atoms with E-state index in [-0.39, 0.29) is 0 Å². The molecule has 0 unspecified atom stereocenters. The van der Waals surface area contributed by atoms with Crippen LogP contribution in [0, 0.1) is 0 Å². The Morgan fingerprint density at radius 2 is 1.34 bits per heavy atom. The van der Waals surface area contributed by atoms with Gasteiger partial charge in [-0.15, -0.1) is 0 Å². The van der Waals surface area contributed by atoms with E-state index in [1.54, 1.807) is 53.7 Å². The third kappa shape index (κ3) is 6.15. The van der Waals surface area contributed by atoms with E-state index in [0.29, 0.717) is 11.1 Å². The highest BCUT2D eigenvalue weighted by Crippen LogP contribution is 2.38. The van der Waals surface area contributed by atoms with E-state index in [9.17, 15) is 14.1 Å². The molecule has 2 rings (SSSR count). The lowest BCUT2D eigenvalue weighted by molar-refractivity contribution is 0.0181. The van der Waals surface area contributed by atoms with Gasteiger partial charge in [0, 0.05) is 0 Å². The molecule has 0 saturated heterocycles. The molecule has 29 heavy (non-hydrogen) atoms. The minimum absolute atomic E-state index is 0.626. The highest BCUT2D eigenvalue weighted by molar-refractivity contribution is 7.84. The number of carbonyl (C=O) groups excluding carboxylic acids is 1. The first-order valence-corrected chi connectivity index (χ1v) is 10.7. The summed E-state index contributed by atoms with van der Waals surface area (Å²) in [6.07, 6.45) is -1.81. The second kappa shape index (κ2) is 9.09. The lowest BCUT2D eigenvalue weighted by Gasteiger charge is -2.38. The van der Waals surface area contributed by atoms with Gasteiger partial charge in [0.25, 0.3) is 0 Å². The van der Waals surface area contributed by atoms with Crippen molar-refractivity contribution < 1.29 is 18.8 Å². The number of aliphatic hydroxyl groups is 1. The smallest absolute Gasteiger partial charge is 0.422 e. The first-order chi connectivity index (χ1) is 13.4. The Bertz CT molecular complexity index is 825. The van der Waals surface area contributed by atoms with Gasteiger partial charge in [0.05, 0.1) is 4.75 Å². The summed E-state index contributed by atoms with van der Waals surface area (Å²) in [5, 5.41) is 11.3. The lowest BCUT2D eigenvalue weighted by Crippen LogP contribution is -2.47. The quantitative estimate of drug-likeness (QED) is 0.730. The van der Waals surface area contributed by atoms with E-state index in [2.05, 4.69) is 0 Å². The van der Waals surface area contributed by atoms with Gasteiger partial charge in [-0.2, -0.15) is 0 Å². The molecule has 5 nitrogen and oxygen atoms in total. The van der Waals surface area contributed by atoms with Crippen LogP contribution in [0.1, 0.15) is 64.8 Å². The van der Waals surface area contributed by atoms with Gasteiger partial charge in [0.1, 0.15) is 28.7 Å². The van der Waals surface area contributed by atoms with Gasteiger partial charge in [0.2, 0.25) is 0 Å². The molecule has 2 aromatic rings. The molecule has 1 amide bonds. The normalized spacial score (nSPS) is 15.3. The van der Waals surface area contributed by atoms with Crippen molar-refractivity contribution in [2.75, 3.05) is 0 Å². The van der Waals surface area contributed by atoms with Crippen molar-refractivity contribution in [2.45, 2.75) is 64.0 Å². The maximum absolute atomic E-state index is 13.5. The molecule has 0 aromatic heterocycles. The average molecular weight is 418 g/mol. The van der Waals surface area contributed by atoms with Crippen LogP contribution in [-0.4, -0.2) is 30.1 Å². The fourth-order valence-corrected chi connectivity index (χ4v) is 4.02. The third-order valence-electron chi connectivity index (χ3n) is 4.11. The summed E-state index contributed by atoms with van der Waals surface area (Å²) >= 11 is 0. The fraction of sp³-hybridized carbons (Fsp3) is 0.435. The largest absolute Gasteiger partial charge is 0.443 e. The van der Waals surface area contributed by atoms with Gasteiger partial charge < -0.3 is 9.84 Å². The Kier molecular flexibility index (Phi) is 7.25. The number of rotatable bonds is 5. The van der Waals surface area contributed by atoms with Crippen molar-refractivity contribution in [1.82, 2.24) is 4.31 Å². The minimum atomic E-state index is -1.77. The molecule has 158 valence electrons. The maximum Gasteiger partial charge on any atom is 0.422 e. The van der Waals surface area contributed by atoms with Crippen molar-refractivity contribution in [3.8, 4) is 0 Å². The Balaban J connectivity index is 2.63. The SMILES string of the molecule is CC(C)(C)OC(=O)N([C@@H](c1ccccc1)[C@H](O)c1ccccc1)[S@@](=O)C(C)(C)C.